The lowest BCUT2D eigenvalue weighted by Crippen LogP contribution is -2.24. The molecule has 0 radical (unpaired) electrons. The molecule has 0 aliphatic carbocycles. The molecule has 142 valence electrons. The number of hydrogen-bond acceptors (Lipinski definition) is 4. The third kappa shape index (κ3) is 3.05. The first-order valence-electron chi connectivity index (χ1n) is 8.81. The number of methoxy groups -OCH3 is 1. The smallest absolute Gasteiger partial charge is 0.337 e. The van der Waals surface area contributed by atoms with Crippen molar-refractivity contribution in [2.75, 3.05) is 12.4 Å². The molecule has 0 saturated heterocycles. The first-order valence-corrected chi connectivity index (χ1v) is 9.19. The van der Waals surface area contributed by atoms with Gasteiger partial charge in [-0.15, -0.1) is 0 Å². The van der Waals surface area contributed by atoms with Gasteiger partial charge < -0.3 is 10.1 Å². The molecule has 1 aliphatic heterocycles. The highest BCUT2D eigenvalue weighted by Gasteiger charge is 2.30. The number of carbonyl (C=O) groups excluding carboxylic acids is 2. The summed E-state index contributed by atoms with van der Waals surface area (Å²) < 4.78 is 6.45. The van der Waals surface area contributed by atoms with Gasteiger partial charge in [0.1, 0.15) is 5.82 Å². The van der Waals surface area contributed by atoms with Crippen molar-refractivity contribution in [1.29, 1.82) is 0 Å². The van der Waals surface area contributed by atoms with Crippen molar-refractivity contribution in [2.24, 2.45) is 0 Å². The Balaban J connectivity index is 1.77. The Labute approximate surface area is 167 Å². The maximum atomic E-state index is 12.4. The number of benzene rings is 2. The van der Waals surface area contributed by atoms with Crippen molar-refractivity contribution in [3.8, 4) is 5.69 Å². The van der Waals surface area contributed by atoms with Gasteiger partial charge in [0.2, 0.25) is 5.91 Å². The van der Waals surface area contributed by atoms with Crippen molar-refractivity contribution in [3.05, 3.63) is 75.9 Å². The second kappa shape index (κ2) is 7.13. The zero-order chi connectivity index (χ0) is 19.8. The van der Waals surface area contributed by atoms with E-state index in [4.69, 9.17) is 16.3 Å². The van der Waals surface area contributed by atoms with Crippen molar-refractivity contribution in [2.45, 2.75) is 19.3 Å². The fourth-order valence-corrected chi connectivity index (χ4v) is 3.66. The van der Waals surface area contributed by atoms with Crippen LogP contribution >= 0.6 is 11.6 Å². The first kappa shape index (κ1) is 18.3. The van der Waals surface area contributed by atoms with Gasteiger partial charge in [0.05, 0.1) is 24.6 Å². The predicted octanol–water partition coefficient (Wildman–Crippen LogP) is 4.09. The number of esters is 1. The van der Waals surface area contributed by atoms with Crippen LogP contribution in [0.15, 0.2) is 48.7 Å². The number of hydrogen-bond donors (Lipinski definition) is 1. The van der Waals surface area contributed by atoms with Gasteiger partial charge in [-0.3, -0.25) is 4.79 Å². The number of rotatable bonds is 3. The molecule has 6 nitrogen and oxygen atoms in total. The van der Waals surface area contributed by atoms with Gasteiger partial charge in [-0.25, -0.2) is 9.48 Å². The Morgan fingerprint density at radius 1 is 1.25 bits per heavy atom. The minimum atomic E-state index is -0.391. The first-order chi connectivity index (χ1) is 13.5. The number of carbonyl (C=O) groups is 2. The molecule has 1 atom stereocenters. The molecule has 1 aliphatic rings. The fourth-order valence-electron chi connectivity index (χ4n) is 3.49. The average molecular weight is 396 g/mol. The predicted molar refractivity (Wildman–Crippen MR) is 106 cm³/mol. The van der Waals surface area contributed by atoms with Crippen molar-refractivity contribution < 1.29 is 14.3 Å². The van der Waals surface area contributed by atoms with Gasteiger partial charge in [0, 0.05) is 22.9 Å². The van der Waals surface area contributed by atoms with Crippen LogP contribution in [0.1, 0.15) is 39.4 Å². The summed E-state index contributed by atoms with van der Waals surface area (Å²) in [5, 5.41) is 8.08. The lowest BCUT2D eigenvalue weighted by molar-refractivity contribution is -0.116. The third-order valence-electron chi connectivity index (χ3n) is 5.02. The summed E-state index contributed by atoms with van der Waals surface area (Å²) in [6.07, 6.45) is 2.08. The largest absolute Gasteiger partial charge is 0.465 e. The standard InChI is InChI=1S/C21H18ClN3O3/c1-12-17(22)4-3-5-18(12)25-20-16(11-23-25)15(10-19(26)24-20)13-6-8-14(9-7-13)21(27)28-2/h3-9,11,15H,10H2,1-2H3,(H,24,26). The number of anilines is 1. The number of ether oxygens (including phenoxy) is 1. The van der Waals surface area contributed by atoms with Crippen molar-refractivity contribution in [1.82, 2.24) is 9.78 Å². The van der Waals surface area contributed by atoms with Gasteiger partial charge in [-0.2, -0.15) is 5.10 Å². The van der Waals surface area contributed by atoms with Gasteiger partial charge in [-0.1, -0.05) is 29.8 Å². The van der Waals surface area contributed by atoms with E-state index in [0.29, 0.717) is 22.8 Å². The molecule has 1 amide bonds. The number of fused-ring (bicyclic) bond motifs is 1. The molecule has 0 bridgehead atoms. The summed E-state index contributed by atoms with van der Waals surface area (Å²) in [6.45, 7) is 1.92. The van der Waals surface area contributed by atoms with Crippen LogP contribution in [0.2, 0.25) is 5.02 Å². The SMILES string of the molecule is COC(=O)c1ccc(C2CC(=O)Nc3c2cnn3-c2cccc(Cl)c2C)cc1. The molecule has 4 rings (SSSR count). The average Bonchev–Trinajstić information content (AvgIpc) is 3.12. The van der Waals surface area contributed by atoms with Crippen LogP contribution in [-0.4, -0.2) is 28.8 Å². The zero-order valence-corrected chi connectivity index (χ0v) is 16.2. The van der Waals surface area contributed by atoms with Crippen LogP contribution in [0.25, 0.3) is 5.69 Å². The van der Waals surface area contributed by atoms with Crippen LogP contribution in [-0.2, 0) is 9.53 Å². The van der Waals surface area contributed by atoms with Gasteiger partial charge in [0.25, 0.3) is 0 Å². The summed E-state index contributed by atoms with van der Waals surface area (Å²) in [6, 6.07) is 12.7. The van der Waals surface area contributed by atoms with E-state index in [1.807, 2.05) is 37.3 Å². The van der Waals surface area contributed by atoms with Gasteiger partial charge >= 0.3 is 5.97 Å². The van der Waals surface area contributed by atoms with Crippen LogP contribution < -0.4 is 5.32 Å². The Morgan fingerprint density at radius 3 is 2.71 bits per heavy atom. The van der Waals surface area contributed by atoms with E-state index in [9.17, 15) is 9.59 Å². The van der Waals surface area contributed by atoms with E-state index in [-0.39, 0.29) is 11.8 Å². The molecule has 28 heavy (non-hydrogen) atoms. The zero-order valence-electron chi connectivity index (χ0n) is 15.4. The number of halogens is 1. The van der Waals surface area contributed by atoms with Crippen molar-refractivity contribution >= 4 is 29.3 Å². The summed E-state index contributed by atoms with van der Waals surface area (Å²) in [7, 11) is 1.35. The quantitative estimate of drug-likeness (QED) is 0.678. The number of amides is 1. The molecular formula is C21H18ClN3O3. The highest BCUT2D eigenvalue weighted by molar-refractivity contribution is 6.31. The van der Waals surface area contributed by atoms with E-state index in [1.54, 1.807) is 23.0 Å². The lowest BCUT2D eigenvalue weighted by Gasteiger charge is -2.24. The molecule has 1 aromatic heterocycles. The van der Waals surface area contributed by atoms with Crippen LogP contribution in [0.4, 0.5) is 5.82 Å². The molecule has 0 spiro atoms. The maximum Gasteiger partial charge on any atom is 0.337 e. The molecule has 0 fully saturated rings. The van der Waals surface area contributed by atoms with Crippen molar-refractivity contribution in [3.63, 3.8) is 0 Å². The lowest BCUT2D eigenvalue weighted by atomic mass is 9.87. The van der Waals surface area contributed by atoms with E-state index in [1.165, 1.54) is 7.11 Å². The molecule has 3 aromatic rings. The number of nitrogens with zero attached hydrogens (tertiary/aromatic N) is 2. The summed E-state index contributed by atoms with van der Waals surface area (Å²) >= 11 is 6.25. The molecule has 2 aromatic carbocycles. The van der Waals surface area contributed by atoms with E-state index in [0.717, 1.165) is 22.4 Å². The maximum absolute atomic E-state index is 12.4. The van der Waals surface area contributed by atoms with E-state index in [2.05, 4.69) is 10.4 Å². The monoisotopic (exact) mass is 395 g/mol. The van der Waals surface area contributed by atoms with Crippen LogP contribution in [0, 0.1) is 6.92 Å². The van der Waals surface area contributed by atoms with E-state index < -0.39 is 5.97 Å². The Bertz CT molecular complexity index is 1070. The molecule has 0 saturated carbocycles. The molecule has 7 heteroatoms. The van der Waals surface area contributed by atoms with Crippen LogP contribution in [0.5, 0.6) is 0 Å². The molecular weight excluding hydrogens is 378 g/mol. The summed E-state index contributed by atoms with van der Waals surface area (Å²) in [4.78, 5) is 24.1. The molecule has 2 heterocycles. The normalized spacial score (nSPS) is 15.7. The Kier molecular flexibility index (Phi) is 4.65. The molecule has 1 N–H and O–H groups in total. The highest BCUT2D eigenvalue weighted by atomic mass is 35.5. The minimum Gasteiger partial charge on any atom is -0.465 e. The fraction of sp³-hybridized carbons (Fsp3) is 0.190. The number of nitrogens with one attached hydrogen (secondary N) is 1. The van der Waals surface area contributed by atoms with Gasteiger partial charge in [0.15, 0.2) is 0 Å². The topological polar surface area (TPSA) is 73.2 Å². The van der Waals surface area contributed by atoms with Gasteiger partial charge in [-0.05, 0) is 42.3 Å². The Morgan fingerprint density at radius 2 is 2.00 bits per heavy atom. The summed E-state index contributed by atoms with van der Waals surface area (Å²) in [5.41, 5.74) is 4.03. The highest BCUT2D eigenvalue weighted by Crippen LogP contribution is 2.38. The minimum absolute atomic E-state index is 0.0871. The Hall–Kier alpha value is -3.12. The van der Waals surface area contributed by atoms with Crippen LogP contribution in [0.3, 0.4) is 0 Å². The third-order valence-corrected chi connectivity index (χ3v) is 5.43. The summed E-state index contributed by atoms with van der Waals surface area (Å²) in [5.74, 6) is 0.0150. The number of aromatic nitrogens is 2. The van der Waals surface area contributed by atoms with E-state index >= 15 is 0 Å². The second-order valence-corrected chi connectivity index (χ2v) is 7.07. The molecule has 1 unspecified atom stereocenters. The second-order valence-electron chi connectivity index (χ2n) is 6.66.